The van der Waals surface area contributed by atoms with Crippen LogP contribution in [0.5, 0.6) is 11.5 Å². The van der Waals surface area contributed by atoms with E-state index < -0.39 is 5.72 Å². The Morgan fingerprint density at radius 3 is 2.88 bits per heavy atom. The van der Waals surface area contributed by atoms with Crippen LogP contribution in [-0.2, 0) is 13.0 Å². The number of nitrogens with two attached hydrogens (primary N) is 1. The molecule has 1 aromatic carbocycles. The second-order valence-electron chi connectivity index (χ2n) is 4.74. The summed E-state index contributed by atoms with van der Waals surface area (Å²) in [5.41, 5.74) is 8.16. The van der Waals surface area contributed by atoms with Gasteiger partial charge in [0.1, 0.15) is 11.5 Å². The number of rotatable bonds is 2. The van der Waals surface area contributed by atoms with Crippen LogP contribution in [0.25, 0.3) is 0 Å². The van der Waals surface area contributed by atoms with Crippen molar-refractivity contribution < 1.29 is 14.6 Å². The van der Waals surface area contributed by atoms with Gasteiger partial charge in [-0.2, -0.15) is 0 Å². The van der Waals surface area contributed by atoms with Gasteiger partial charge in [0, 0.05) is 17.5 Å². The molecule has 0 aromatic heterocycles. The predicted octanol–water partition coefficient (Wildman–Crippen LogP) is 1.50. The minimum absolute atomic E-state index is 0.0626. The van der Waals surface area contributed by atoms with Gasteiger partial charge in [-0.05, 0) is 31.9 Å². The highest BCUT2D eigenvalue weighted by Gasteiger charge is 2.30. The number of hydrogen-bond donors (Lipinski definition) is 2. The molecule has 1 atom stereocenters. The molecule has 17 heavy (non-hydrogen) atoms. The number of fused-ring (bicyclic) bond motifs is 1. The Morgan fingerprint density at radius 2 is 2.29 bits per heavy atom. The molecule has 1 heterocycles. The van der Waals surface area contributed by atoms with Crippen molar-refractivity contribution in [1.29, 1.82) is 0 Å². The molecule has 0 spiro atoms. The molecule has 1 aliphatic rings. The van der Waals surface area contributed by atoms with Gasteiger partial charge in [0.05, 0.1) is 13.7 Å². The fourth-order valence-corrected chi connectivity index (χ4v) is 2.25. The average Bonchev–Trinajstić information content (AvgIpc) is 2.29. The van der Waals surface area contributed by atoms with E-state index in [0.717, 1.165) is 35.3 Å². The van der Waals surface area contributed by atoms with E-state index in [9.17, 15) is 5.11 Å². The van der Waals surface area contributed by atoms with Gasteiger partial charge in [0.2, 0.25) is 0 Å². The Labute approximate surface area is 101 Å². The maximum atomic E-state index is 9.40. The third kappa shape index (κ3) is 2.10. The molecule has 2 rings (SSSR count). The van der Waals surface area contributed by atoms with Crippen molar-refractivity contribution in [2.24, 2.45) is 5.73 Å². The Morgan fingerprint density at radius 1 is 1.59 bits per heavy atom. The van der Waals surface area contributed by atoms with E-state index in [1.165, 1.54) is 0 Å². The van der Waals surface area contributed by atoms with Crippen molar-refractivity contribution in [3.05, 3.63) is 22.8 Å². The average molecular weight is 237 g/mol. The Kier molecular flexibility index (Phi) is 3.02. The SMILES string of the molecule is COc1cc2c(c(C)c1CO)O[C@](C)(N)CC2. The maximum Gasteiger partial charge on any atom is 0.156 e. The van der Waals surface area contributed by atoms with Gasteiger partial charge in [0.25, 0.3) is 0 Å². The zero-order chi connectivity index (χ0) is 12.6. The van der Waals surface area contributed by atoms with E-state index in [0.29, 0.717) is 5.75 Å². The first-order chi connectivity index (χ1) is 7.98. The minimum atomic E-state index is -0.626. The third-order valence-corrected chi connectivity index (χ3v) is 3.29. The molecule has 0 unspecified atom stereocenters. The molecule has 4 nitrogen and oxygen atoms in total. The molecule has 4 heteroatoms. The number of benzene rings is 1. The molecule has 1 aliphatic heterocycles. The van der Waals surface area contributed by atoms with Crippen molar-refractivity contribution in [2.45, 2.75) is 39.0 Å². The molecular weight excluding hydrogens is 218 g/mol. The highest BCUT2D eigenvalue weighted by molar-refractivity contribution is 5.54. The lowest BCUT2D eigenvalue weighted by Gasteiger charge is -2.34. The topological polar surface area (TPSA) is 64.7 Å². The Bertz CT molecular complexity index is 441. The molecule has 94 valence electrons. The summed E-state index contributed by atoms with van der Waals surface area (Å²) in [6.07, 6.45) is 1.65. The molecular formula is C13H19NO3. The van der Waals surface area contributed by atoms with E-state index in [-0.39, 0.29) is 6.61 Å². The van der Waals surface area contributed by atoms with E-state index in [4.69, 9.17) is 15.2 Å². The second kappa shape index (κ2) is 4.20. The molecule has 0 fully saturated rings. The minimum Gasteiger partial charge on any atom is -0.496 e. The lowest BCUT2D eigenvalue weighted by Crippen LogP contribution is -2.45. The molecule has 0 radical (unpaired) electrons. The first kappa shape index (κ1) is 12.2. The molecule has 0 saturated heterocycles. The predicted molar refractivity (Wildman–Crippen MR) is 65.2 cm³/mol. The van der Waals surface area contributed by atoms with Crippen LogP contribution in [0.2, 0.25) is 0 Å². The van der Waals surface area contributed by atoms with Crippen molar-refractivity contribution in [3.63, 3.8) is 0 Å². The first-order valence-electron chi connectivity index (χ1n) is 5.76. The van der Waals surface area contributed by atoms with Gasteiger partial charge >= 0.3 is 0 Å². The van der Waals surface area contributed by atoms with Gasteiger partial charge in [-0.3, -0.25) is 5.73 Å². The monoisotopic (exact) mass is 237 g/mol. The highest BCUT2D eigenvalue weighted by Crippen LogP contribution is 2.39. The first-order valence-corrected chi connectivity index (χ1v) is 5.76. The lowest BCUT2D eigenvalue weighted by molar-refractivity contribution is 0.0704. The summed E-state index contributed by atoms with van der Waals surface area (Å²) >= 11 is 0. The summed E-state index contributed by atoms with van der Waals surface area (Å²) < 4.78 is 11.1. The van der Waals surface area contributed by atoms with Crippen LogP contribution in [0.4, 0.5) is 0 Å². The Hall–Kier alpha value is -1.26. The van der Waals surface area contributed by atoms with E-state index in [1.807, 2.05) is 19.9 Å². The largest absolute Gasteiger partial charge is 0.496 e. The summed E-state index contributed by atoms with van der Waals surface area (Å²) in [6, 6.07) is 1.93. The number of aryl methyl sites for hydroxylation is 1. The van der Waals surface area contributed by atoms with Crippen molar-refractivity contribution in [1.82, 2.24) is 0 Å². The fourth-order valence-electron chi connectivity index (χ4n) is 2.25. The lowest BCUT2D eigenvalue weighted by atomic mass is 9.94. The van der Waals surface area contributed by atoms with Crippen LogP contribution >= 0.6 is 0 Å². The molecule has 0 bridgehead atoms. The van der Waals surface area contributed by atoms with Gasteiger partial charge in [-0.15, -0.1) is 0 Å². The number of aliphatic hydroxyl groups excluding tert-OH is 1. The van der Waals surface area contributed by atoms with Gasteiger partial charge in [-0.1, -0.05) is 0 Å². The van der Waals surface area contributed by atoms with E-state index in [1.54, 1.807) is 7.11 Å². The summed E-state index contributed by atoms with van der Waals surface area (Å²) in [5.74, 6) is 1.51. The fraction of sp³-hybridized carbons (Fsp3) is 0.538. The van der Waals surface area contributed by atoms with Crippen LogP contribution in [0.1, 0.15) is 30.0 Å². The van der Waals surface area contributed by atoms with Crippen molar-refractivity contribution in [2.75, 3.05) is 7.11 Å². The van der Waals surface area contributed by atoms with Crippen molar-refractivity contribution in [3.8, 4) is 11.5 Å². The zero-order valence-corrected chi connectivity index (χ0v) is 10.5. The van der Waals surface area contributed by atoms with Crippen LogP contribution in [-0.4, -0.2) is 17.9 Å². The van der Waals surface area contributed by atoms with Gasteiger partial charge in [0.15, 0.2) is 5.72 Å². The quantitative estimate of drug-likeness (QED) is 0.818. The molecule has 1 aromatic rings. The van der Waals surface area contributed by atoms with E-state index in [2.05, 4.69) is 0 Å². The number of ether oxygens (including phenoxy) is 2. The normalized spacial score (nSPS) is 22.9. The van der Waals surface area contributed by atoms with Crippen LogP contribution in [0.15, 0.2) is 6.07 Å². The smallest absolute Gasteiger partial charge is 0.156 e. The van der Waals surface area contributed by atoms with Crippen LogP contribution in [0, 0.1) is 6.92 Å². The van der Waals surface area contributed by atoms with Gasteiger partial charge < -0.3 is 14.6 Å². The van der Waals surface area contributed by atoms with E-state index >= 15 is 0 Å². The third-order valence-electron chi connectivity index (χ3n) is 3.29. The zero-order valence-electron chi connectivity index (χ0n) is 10.5. The van der Waals surface area contributed by atoms with Crippen LogP contribution in [0.3, 0.4) is 0 Å². The summed E-state index contributed by atoms with van der Waals surface area (Å²) in [4.78, 5) is 0. The number of hydrogen-bond acceptors (Lipinski definition) is 4. The summed E-state index contributed by atoms with van der Waals surface area (Å²) in [5, 5.41) is 9.40. The summed E-state index contributed by atoms with van der Waals surface area (Å²) in [6.45, 7) is 3.74. The molecule has 0 amide bonds. The standard InChI is InChI=1S/C13H19NO3/c1-8-10(7-15)11(16-3)6-9-4-5-13(2,14)17-12(8)9/h6,15H,4-5,7,14H2,1-3H3/t13-/m0/s1. The number of aliphatic hydroxyl groups is 1. The maximum absolute atomic E-state index is 9.40. The van der Waals surface area contributed by atoms with Crippen LogP contribution < -0.4 is 15.2 Å². The highest BCUT2D eigenvalue weighted by atomic mass is 16.5. The van der Waals surface area contributed by atoms with Crippen molar-refractivity contribution >= 4 is 0 Å². The molecule has 0 aliphatic carbocycles. The van der Waals surface area contributed by atoms with Gasteiger partial charge in [-0.25, -0.2) is 0 Å². The number of methoxy groups -OCH3 is 1. The molecule has 0 saturated carbocycles. The Balaban J connectivity index is 2.55. The summed E-state index contributed by atoms with van der Waals surface area (Å²) in [7, 11) is 1.61. The molecule has 3 N–H and O–H groups in total. The second-order valence-corrected chi connectivity index (χ2v) is 4.74.